The topological polar surface area (TPSA) is 63.6 Å². The summed E-state index contributed by atoms with van der Waals surface area (Å²) in [4.78, 5) is 7.95. The zero-order valence-corrected chi connectivity index (χ0v) is 8.17. The molecule has 0 spiro atoms. The molecule has 0 aliphatic heterocycles. The zero-order chi connectivity index (χ0) is 10.3. The van der Waals surface area contributed by atoms with Crippen LogP contribution >= 0.6 is 0 Å². The highest BCUT2D eigenvalue weighted by Gasteiger charge is 1.95. The predicted octanol–water partition coefficient (Wildman–Crippen LogP) is 0.556. The molecule has 0 fully saturated rings. The largest absolute Gasteiger partial charge is 0.305 e. The number of hydrogen-bond acceptors (Lipinski definition) is 5. The van der Waals surface area contributed by atoms with E-state index < -0.39 is 0 Å². The van der Waals surface area contributed by atoms with Crippen molar-refractivity contribution in [1.29, 1.82) is 0 Å². The van der Waals surface area contributed by atoms with Gasteiger partial charge in [0.1, 0.15) is 6.33 Å². The van der Waals surface area contributed by atoms with Crippen LogP contribution in [0.5, 0.6) is 0 Å². The Bertz CT molecular complexity index is 350. The Morgan fingerprint density at radius 2 is 2.00 bits per heavy atom. The molecule has 2 aromatic heterocycles. The van der Waals surface area contributed by atoms with E-state index in [2.05, 4.69) is 25.5 Å². The summed E-state index contributed by atoms with van der Waals surface area (Å²) in [6, 6.07) is 5.68. The number of nitrogens with one attached hydrogen (secondary N) is 1. The van der Waals surface area contributed by atoms with Gasteiger partial charge in [0.15, 0.2) is 0 Å². The maximum Gasteiger partial charge on any atom is 0.115 e. The molecule has 2 rings (SSSR count). The molecule has 76 valence electrons. The van der Waals surface area contributed by atoms with Crippen LogP contribution in [0.4, 0.5) is 0 Å². The van der Waals surface area contributed by atoms with Crippen LogP contribution in [-0.4, -0.2) is 20.2 Å². The highest BCUT2D eigenvalue weighted by molar-refractivity contribution is 5.00. The summed E-state index contributed by atoms with van der Waals surface area (Å²) in [6.07, 6.45) is 4.93. The van der Waals surface area contributed by atoms with Crippen LogP contribution in [0.25, 0.3) is 0 Å². The third kappa shape index (κ3) is 3.07. The van der Waals surface area contributed by atoms with Crippen molar-refractivity contribution in [3.63, 3.8) is 0 Å². The fourth-order valence-corrected chi connectivity index (χ4v) is 1.17. The standard InChI is InChI=1S/C10H11N5/c1-2-10(15-14-4-1)7-12-6-9-3-5-11-8-13-9/h1-5,8,12H,6-7H2. The van der Waals surface area contributed by atoms with E-state index in [0.717, 1.165) is 11.4 Å². The third-order valence-electron chi connectivity index (χ3n) is 1.88. The van der Waals surface area contributed by atoms with E-state index in [0.29, 0.717) is 13.1 Å². The van der Waals surface area contributed by atoms with Gasteiger partial charge in [0.05, 0.1) is 11.4 Å². The minimum atomic E-state index is 0.692. The second-order valence-electron chi connectivity index (χ2n) is 3.02. The molecule has 0 aliphatic rings. The van der Waals surface area contributed by atoms with Crippen molar-refractivity contribution in [2.75, 3.05) is 0 Å². The van der Waals surface area contributed by atoms with Gasteiger partial charge in [0.25, 0.3) is 0 Å². The smallest absolute Gasteiger partial charge is 0.115 e. The molecule has 1 N–H and O–H groups in total. The molecule has 2 aromatic rings. The monoisotopic (exact) mass is 201 g/mol. The molecular formula is C10H11N5. The van der Waals surface area contributed by atoms with Crippen molar-refractivity contribution in [2.45, 2.75) is 13.1 Å². The van der Waals surface area contributed by atoms with Gasteiger partial charge in [0.2, 0.25) is 0 Å². The lowest BCUT2D eigenvalue weighted by atomic mass is 10.3. The van der Waals surface area contributed by atoms with Crippen molar-refractivity contribution in [1.82, 2.24) is 25.5 Å². The molecule has 0 atom stereocenters. The van der Waals surface area contributed by atoms with E-state index in [-0.39, 0.29) is 0 Å². The first kappa shape index (κ1) is 9.67. The molecule has 0 amide bonds. The first-order valence-corrected chi connectivity index (χ1v) is 4.67. The van der Waals surface area contributed by atoms with Crippen LogP contribution in [-0.2, 0) is 13.1 Å². The van der Waals surface area contributed by atoms with E-state index in [1.54, 1.807) is 18.7 Å². The second kappa shape index (κ2) is 5.11. The molecule has 0 saturated heterocycles. The molecule has 0 unspecified atom stereocenters. The Morgan fingerprint density at radius 3 is 2.73 bits per heavy atom. The van der Waals surface area contributed by atoms with Gasteiger partial charge < -0.3 is 5.32 Å². The van der Waals surface area contributed by atoms with Gasteiger partial charge in [-0.15, -0.1) is 0 Å². The van der Waals surface area contributed by atoms with E-state index in [4.69, 9.17) is 0 Å². The maximum atomic E-state index is 4.10. The van der Waals surface area contributed by atoms with Crippen LogP contribution in [0.2, 0.25) is 0 Å². The fourth-order valence-electron chi connectivity index (χ4n) is 1.17. The van der Waals surface area contributed by atoms with Crippen molar-refractivity contribution in [3.8, 4) is 0 Å². The van der Waals surface area contributed by atoms with Gasteiger partial charge in [-0.25, -0.2) is 9.97 Å². The van der Waals surface area contributed by atoms with Crippen LogP contribution in [0.1, 0.15) is 11.4 Å². The second-order valence-corrected chi connectivity index (χ2v) is 3.02. The Kier molecular flexibility index (Phi) is 3.30. The van der Waals surface area contributed by atoms with Crippen molar-refractivity contribution in [2.24, 2.45) is 0 Å². The normalized spacial score (nSPS) is 10.1. The summed E-state index contributed by atoms with van der Waals surface area (Å²) < 4.78 is 0. The lowest BCUT2D eigenvalue weighted by molar-refractivity contribution is 0.657. The molecule has 0 saturated carbocycles. The van der Waals surface area contributed by atoms with Crippen LogP contribution in [0, 0.1) is 0 Å². The lowest BCUT2D eigenvalue weighted by Crippen LogP contribution is -2.14. The van der Waals surface area contributed by atoms with Gasteiger partial charge >= 0.3 is 0 Å². The van der Waals surface area contributed by atoms with E-state index >= 15 is 0 Å². The predicted molar refractivity (Wildman–Crippen MR) is 54.6 cm³/mol. The van der Waals surface area contributed by atoms with Crippen molar-refractivity contribution >= 4 is 0 Å². The third-order valence-corrected chi connectivity index (χ3v) is 1.88. The fraction of sp³-hybridized carbons (Fsp3) is 0.200. The SMILES string of the molecule is c1cnnc(CNCc2ccncn2)c1. The molecule has 0 bridgehead atoms. The maximum absolute atomic E-state index is 4.10. The Hall–Kier alpha value is -1.88. The average molecular weight is 201 g/mol. The van der Waals surface area contributed by atoms with Crippen LogP contribution < -0.4 is 5.32 Å². The van der Waals surface area contributed by atoms with Gasteiger partial charge in [0, 0.05) is 25.5 Å². The summed E-state index contributed by atoms with van der Waals surface area (Å²) >= 11 is 0. The minimum Gasteiger partial charge on any atom is -0.305 e. The molecule has 0 aromatic carbocycles. The number of aromatic nitrogens is 4. The summed E-state index contributed by atoms with van der Waals surface area (Å²) in [6.45, 7) is 1.40. The molecule has 5 nitrogen and oxygen atoms in total. The molecule has 15 heavy (non-hydrogen) atoms. The molecular weight excluding hydrogens is 190 g/mol. The summed E-state index contributed by atoms with van der Waals surface area (Å²) in [5, 5.41) is 11.0. The van der Waals surface area contributed by atoms with Gasteiger partial charge in [-0.1, -0.05) is 0 Å². The van der Waals surface area contributed by atoms with Gasteiger partial charge in [-0.2, -0.15) is 10.2 Å². The quantitative estimate of drug-likeness (QED) is 0.782. The Labute approximate surface area is 87.6 Å². The number of rotatable bonds is 4. The number of hydrogen-bond donors (Lipinski definition) is 1. The first-order valence-electron chi connectivity index (χ1n) is 4.67. The lowest BCUT2D eigenvalue weighted by Gasteiger charge is -2.02. The summed E-state index contributed by atoms with van der Waals surface area (Å²) in [7, 11) is 0. The van der Waals surface area contributed by atoms with Crippen LogP contribution in [0.3, 0.4) is 0 Å². The minimum absolute atomic E-state index is 0.692. The van der Waals surface area contributed by atoms with Crippen LogP contribution in [0.15, 0.2) is 36.9 Å². The Morgan fingerprint density at radius 1 is 1.07 bits per heavy atom. The first-order chi connectivity index (χ1) is 7.45. The van der Waals surface area contributed by atoms with E-state index in [1.165, 1.54) is 0 Å². The highest BCUT2D eigenvalue weighted by Crippen LogP contribution is 1.93. The van der Waals surface area contributed by atoms with Crippen molar-refractivity contribution in [3.05, 3.63) is 48.3 Å². The van der Waals surface area contributed by atoms with E-state index in [9.17, 15) is 0 Å². The molecule has 2 heterocycles. The summed E-state index contributed by atoms with van der Waals surface area (Å²) in [5.74, 6) is 0. The number of nitrogens with zero attached hydrogens (tertiary/aromatic N) is 4. The average Bonchev–Trinajstić information content (AvgIpc) is 2.32. The van der Waals surface area contributed by atoms with Crippen molar-refractivity contribution < 1.29 is 0 Å². The molecule has 0 radical (unpaired) electrons. The summed E-state index contributed by atoms with van der Waals surface area (Å²) in [5.41, 5.74) is 1.89. The Balaban J connectivity index is 1.81. The van der Waals surface area contributed by atoms with Gasteiger partial charge in [-0.3, -0.25) is 0 Å². The van der Waals surface area contributed by atoms with E-state index in [1.807, 2.05) is 18.2 Å². The van der Waals surface area contributed by atoms with Gasteiger partial charge in [-0.05, 0) is 18.2 Å². The molecule has 5 heteroatoms. The zero-order valence-electron chi connectivity index (χ0n) is 8.17. The highest BCUT2D eigenvalue weighted by atomic mass is 15.1. The molecule has 0 aliphatic carbocycles.